The molecule has 1 aliphatic rings. The lowest BCUT2D eigenvalue weighted by atomic mass is 10.2. The van der Waals surface area contributed by atoms with Crippen LogP contribution < -0.4 is 14.9 Å². The number of furan rings is 1. The highest BCUT2D eigenvalue weighted by Crippen LogP contribution is 2.31. The topological polar surface area (TPSA) is 73.1 Å². The number of para-hydroxylation sites is 1. The number of ether oxygens (including phenoxy) is 2. The summed E-state index contributed by atoms with van der Waals surface area (Å²) in [6.07, 6.45) is 1.53. The number of hydrogen-bond donors (Lipinski definition) is 1. The van der Waals surface area contributed by atoms with Gasteiger partial charge in [-0.15, -0.1) is 0 Å². The van der Waals surface area contributed by atoms with Gasteiger partial charge in [-0.25, -0.2) is 5.43 Å². The SMILES string of the molecule is O=C(N/N=C/c1ccc2c(c1)OCO2)c1cc2ccccc2o1. The molecule has 0 spiro atoms. The van der Waals surface area contributed by atoms with Crippen LogP contribution in [0.3, 0.4) is 0 Å². The minimum Gasteiger partial charge on any atom is -0.454 e. The van der Waals surface area contributed by atoms with Gasteiger partial charge in [0.2, 0.25) is 6.79 Å². The van der Waals surface area contributed by atoms with Crippen LogP contribution >= 0.6 is 0 Å². The van der Waals surface area contributed by atoms with Crippen molar-refractivity contribution in [1.29, 1.82) is 0 Å². The number of hydrogen-bond acceptors (Lipinski definition) is 5. The van der Waals surface area contributed by atoms with E-state index in [1.54, 1.807) is 18.2 Å². The van der Waals surface area contributed by atoms with Crippen LogP contribution in [0.2, 0.25) is 0 Å². The number of fused-ring (bicyclic) bond motifs is 2. The van der Waals surface area contributed by atoms with E-state index in [9.17, 15) is 4.79 Å². The third-order valence-corrected chi connectivity index (χ3v) is 3.43. The summed E-state index contributed by atoms with van der Waals surface area (Å²) in [6.45, 7) is 0.221. The van der Waals surface area contributed by atoms with Gasteiger partial charge in [-0.1, -0.05) is 18.2 Å². The first kappa shape index (κ1) is 13.4. The summed E-state index contributed by atoms with van der Waals surface area (Å²) in [5.74, 6) is 1.18. The molecule has 0 bridgehead atoms. The maximum Gasteiger partial charge on any atom is 0.307 e. The Kier molecular flexibility index (Phi) is 3.20. The molecule has 6 nitrogen and oxygen atoms in total. The molecule has 4 rings (SSSR count). The molecule has 0 saturated carbocycles. The van der Waals surface area contributed by atoms with Crippen molar-refractivity contribution in [3.63, 3.8) is 0 Å². The molecule has 2 aromatic carbocycles. The molecule has 1 amide bonds. The minimum absolute atomic E-state index is 0.217. The number of nitrogens with zero attached hydrogens (tertiary/aromatic N) is 1. The highest BCUT2D eigenvalue weighted by atomic mass is 16.7. The smallest absolute Gasteiger partial charge is 0.307 e. The van der Waals surface area contributed by atoms with Crippen LogP contribution in [-0.4, -0.2) is 18.9 Å². The van der Waals surface area contributed by atoms with Gasteiger partial charge in [0.25, 0.3) is 0 Å². The molecular formula is C17H12N2O4. The lowest BCUT2D eigenvalue weighted by Gasteiger charge is -1.98. The predicted molar refractivity (Wildman–Crippen MR) is 83.8 cm³/mol. The molecule has 3 aromatic rings. The van der Waals surface area contributed by atoms with Crippen molar-refractivity contribution in [2.75, 3.05) is 6.79 Å². The zero-order valence-electron chi connectivity index (χ0n) is 12.0. The molecule has 1 N–H and O–H groups in total. The van der Waals surface area contributed by atoms with E-state index in [2.05, 4.69) is 10.5 Å². The van der Waals surface area contributed by atoms with Crippen molar-refractivity contribution in [2.45, 2.75) is 0 Å². The molecule has 0 fully saturated rings. The number of carbonyl (C=O) groups excluding carboxylic acids is 1. The molecule has 114 valence electrons. The number of carbonyl (C=O) groups is 1. The van der Waals surface area contributed by atoms with E-state index in [1.165, 1.54) is 6.21 Å². The quantitative estimate of drug-likeness (QED) is 0.596. The number of nitrogens with one attached hydrogen (secondary N) is 1. The second kappa shape index (κ2) is 5.49. The van der Waals surface area contributed by atoms with E-state index in [0.29, 0.717) is 17.1 Å². The Bertz CT molecular complexity index is 881. The van der Waals surface area contributed by atoms with Crippen molar-refractivity contribution in [3.05, 3.63) is 59.9 Å². The molecule has 0 saturated heterocycles. The van der Waals surface area contributed by atoms with Gasteiger partial charge in [0.15, 0.2) is 17.3 Å². The summed E-state index contributed by atoms with van der Waals surface area (Å²) in [7, 11) is 0. The molecule has 1 aromatic heterocycles. The Hall–Kier alpha value is -3.28. The molecular weight excluding hydrogens is 296 g/mol. The van der Waals surface area contributed by atoms with Crippen LogP contribution in [0.5, 0.6) is 11.5 Å². The summed E-state index contributed by atoms with van der Waals surface area (Å²) < 4.78 is 16.0. The van der Waals surface area contributed by atoms with Crippen molar-refractivity contribution in [2.24, 2.45) is 5.10 Å². The lowest BCUT2D eigenvalue weighted by Crippen LogP contribution is -2.16. The maximum atomic E-state index is 12.0. The Morgan fingerprint density at radius 2 is 1.96 bits per heavy atom. The van der Waals surface area contributed by atoms with Crippen molar-refractivity contribution in [3.8, 4) is 11.5 Å². The van der Waals surface area contributed by atoms with Gasteiger partial charge in [0.1, 0.15) is 5.58 Å². The average Bonchev–Trinajstić information content (AvgIpc) is 3.20. The number of amides is 1. The monoisotopic (exact) mass is 308 g/mol. The largest absolute Gasteiger partial charge is 0.454 e. The fourth-order valence-electron chi connectivity index (χ4n) is 2.31. The van der Waals surface area contributed by atoms with Gasteiger partial charge in [-0.3, -0.25) is 4.79 Å². The summed E-state index contributed by atoms with van der Waals surface area (Å²) in [5, 5.41) is 4.81. The lowest BCUT2D eigenvalue weighted by molar-refractivity contribution is 0.0929. The Morgan fingerprint density at radius 3 is 2.87 bits per heavy atom. The van der Waals surface area contributed by atoms with Crippen molar-refractivity contribution in [1.82, 2.24) is 5.43 Å². The predicted octanol–water partition coefficient (Wildman–Crippen LogP) is 2.93. The van der Waals surface area contributed by atoms with E-state index in [0.717, 1.165) is 10.9 Å². The molecule has 1 aliphatic heterocycles. The first-order valence-corrected chi connectivity index (χ1v) is 7.01. The van der Waals surface area contributed by atoms with E-state index in [4.69, 9.17) is 13.9 Å². The van der Waals surface area contributed by atoms with Crippen LogP contribution in [0.1, 0.15) is 16.1 Å². The third-order valence-electron chi connectivity index (χ3n) is 3.43. The number of hydrazone groups is 1. The van der Waals surface area contributed by atoms with E-state index in [1.807, 2.05) is 30.3 Å². The van der Waals surface area contributed by atoms with Gasteiger partial charge in [0, 0.05) is 5.39 Å². The van der Waals surface area contributed by atoms with Crippen LogP contribution in [-0.2, 0) is 0 Å². The van der Waals surface area contributed by atoms with Crippen LogP contribution in [0.15, 0.2) is 58.0 Å². The highest BCUT2D eigenvalue weighted by molar-refractivity contribution is 5.96. The fourth-order valence-corrected chi connectivity index (χ4v) is 2.31. The molecule has 6 heteroatoms. The Balaban J connectivity index is 1.46. The van der Waals surface area contributed by atoms with E-state index in [-0.39, 0.29) is 12.6 Å². The molecule has 0 radical (unpaired) electrons. The molecule has 0 unspecified atom stereocenters. The highest BCUT2D eigenvalue weighted by Gasteiger charge is 2.13. The van der Waals surface area contributed by atoms with Crippen molar-refractivity contribution >= 4 is 23.1 Å². The fraction of sp³-hybridized carbons (Fsp3) is 0.0588. The standard InChI is InChI=1S/C17H12N2O4/c20-17(16-8-12-3-1-2-4-13(12)23-16)19-18-9-11-5-6-14-15(7-11)22-10-21-14/h1-9H,10H2,(H,19,20)/b18-9+. The first-order chi connectivity index (χ1) is 11.3. The number of benzene rings is 2. The van der Waals surface area contributed by atoms with Crippen LogP contribution in [0, 0.1) is 0 Å². The number of rotatable bonds is 3. The second-order valence-electron chi connectivity index (χ2n) is 4.96. The van der Waals surface area contributed by atoms with Gasteiger partial charge in [0.05, 0.1) is 6.21 Å². The second-order valence-corrected chi connectivity index (χ2v) is 4.96. The van der Waals surface area contributed by atoms with E-state index < -0.39 is 5.91 Å². The third kappa shape index (κ3) is 2.62. The van der Waals surface area contributed by atoms with Gasteiger partial charge in [-0.05, 0) is 35.9 Å². The summed E-state index contributed by atoms with van der Waals surface area (Å²) >= 11 is 0. The van der Waals surface area contributed by atoms with Gasteiger partial charge >= 0.3 is 5.91 Å². The summed E-state index contributed by atoms with van der Waals surface area (Å²) in [5.41, 5.74) is 3.90. The zero-order valence-corrected chi connectivity index (χ0v) is 12.0. The molecule has 2 heterocycles. The molecule has 0 atom stereocenters. The van der Waals surface area contributed by atoms with Crippen LogP contribution in [0.4, 0.5) is 0 Å². The van der Waals surface area contributed by atoms with Gasteiger partial charge < -0.3 is 13.9 Å². The first-order valence-electron chi connectivity index (χ1n) is 7.01. The van der Waals surface area contributed by atoms with Gasteiger partial charge in [-0.2, -0.15) is 5.10 Å². The Morgan fingerprint density at radius 1 is 1.09 bits per heavy atom. The van der Waals surface area contributed by atoms with Crippen LogP contribution in [0.25, 0.3) is 11.0 Å². The average molecular weight is 308 g/mol. The van der Waals surface area contributed by atoms with E-state index >= 15 is 0 Å². The minimum atomic E-state index is -0.404. The zero-order chi connectivity index (χ0) is 15.6. The Labute approximate surface area is 131 Å². The summed E-state index contributed by atoms with van der Waals surface area (Å²) in [4.78, 5) is 12.0. The van der Waals surface area contributed by atoms with Crippen molar-refractivity contribution < 1.29 is 18.7 Å². The normalized spacial score (nSPS) is 12.9. The summed E-state index contributed by atoms with van der Waals surface area (Å²) in [6, 6.07) is 14.5. The molecule has 0 aliphatic carbocycles. The molecule has 23 heavy (non-hydrogen) atoms. The maximum absolute atomic E-state index is 12.0.